The minimum absolute atomic E-state index is 0.240. The SMILES string of the molecule is O=C(O)c1cc(CBr)c(I)nc1OC(F)(F)F. The van der Waals surface area contributed by atoms with Gasteiger partial charge in [0.25, 0.3) is 0 Å². The molecule has 0 fully saturated rings. The molecule has 0 radical (unpaired) electrons. The molecule has 1 heterocycles. The summed E-state index contributed by atoms with van der Waals surface area (Å²) in [4.78, 5) is 14.3. The highest BCUT2D eigenvalue weighted by Crippen LogP contribution is 2.27. The largest absolute Gasteiger partial charge is 0.574 e. The number of aromatic nitrogens is 1. The van der Waals surface area contributed by atoms with Crippen LogP contribution in [0.5, 0.6) is 5.88 Å². The highest BCUT2D eigenvalue weighted by molar-refractivity contribution is 14.1. The lowest BCUT2D eigenvalue weighted by Crippen LogP contribution is -2.20. The van der Waals surface area contributed by atoms with Gasteiger partial charge in [-0.2, -0.15) is 0 Å². The summed E-state index contributed by atoms with van der Waals surface area (Å²) in [5.41, 5.74) is -0.158. The van der Waals surface area contributed by atoms with Crippen LogP contribution in [0.1, 0.15) is 15.9 Å². The minimum atomic E-state index is -4.98. The second kappa shape index (κ2) is 5.38. The van der Waals surface area contributed by atoms with Crippen molar-refractivity contribution >= 4 is 44.5 Å². The summed E-state index contributed by atoms with van der Waals surface area (Å²) in [7, 11) is 0. The molecule has 0 unspecified atom stereocenters. The molecule has 0 saturated heterocycles. The van der Waals surface area contributed by atoms with Crippen molar-refractivity contribution in [2.24, 2.45) is 0 Å². The van der Waals surface area contributed by atoms with Crippen molar-refractivity contribution in [1.29, 1.82) is 0 Å². The zero-order valence-corrected chi connectivity index (χ0v) is 11.6. The van der Waals surface area contributed by atoms with Gasteiger partial charge in [0.15, 0.2) is 0 Å². The van der Waals surface area contributed by atoms with Crippen LogP contribution in [0.3, 0.4) is 0 Å². The molecule has 0 bridgehead atoms. The first-order valence-corrected chi connectivity index (χ1v) is 6.19. The van der Waals surface area contributed by atoms with Crippen molar-refractivity contribution in [3.63, 3.8) is 0 Å². The lowest BCUT2D eigenvalue weighted by atomic mass is 10.2. The number of rotatable bonds is 3. The third-order valence-electron chi connectivity index (χ3n) is 1.60. The summed E-state index contributed by atoms with van der Waals surface area (Å²) < 4.78 is 39.9. The molecule has 17 heavy (non-hydrogen) atoms. The molecular formula is C8H4BrF3INO3. The van der Waals surface area contributed by atoms with Crippen LogP contribution in [0.2, 0.25) is 0 Å². The fraction of sp³-hybridized carbons (Fsp3) is 0.250. The van der Waals surface area contributed by atoms with E-state index in [1.807, 2.05) is 0 Å². The van der Waals surface area contributed by atoms with E-state index in [-0.39, 0.29) is 9.03 Å². The van der Waals surface area contributed by atoms with Crippen LogP contribution in [0.25, 0.3) is 0 Å². The van der Waals surface area contributed by atoms with Gasteiger partial charge in [-0.3, -0.25) is 0 Å². The van der Waals surface area contributed by atoms with E-state index in [0.29, 0.717) is 5.56 Å². The standard InChI is InChI=1S/C8H4BrF3INO3/c9-2-3-1-4(7(15)16)6(14-5(3)13)17-8(10,11)12/h1H,2H2,(H,15,16). The average Bonchev–Trinajstić information content (AvgIpc) is 2.14. The molecule has 1 rings (SSSR count). The molecule has 0 aromatic carbocycles. The number of alkyl halides is 4. The number of ether oxygens (including phenoxy) is 1. The van der Waals surface area contributed by atoms with Gasteiger partial charge in [-0.15, -0.1) is 13.2 Å². The summed E-state index contributed by atoms with van der Waals surface area (Å²) >= 11 is 4.77. The summed E-state index contributed by atoms with van der Waals surface area (Å²) in [6.45, 7) is 0. The van der Waals surface area contributed by atoms with E-state index in [1.54, 1.807) is 22.6 Å². The van der Waals surface area contributed by atoms with Crippen LogP contribution in [-0.4, -0.2) is 22.4 Å². The first kappa shape index (κ1) is 14.5. The van der Waals surface area contributed by atoms with Crippen LogP contribution >= 0.6 is 38.5 Å². The number of carboxylic acids is 1. The van der Waals surface area contributed by atoms with Gasteiger partial charge in [0.1, 0.15) is 9.26 Å². The molecule has 1 N–H and O–H groups in total. The van der Waals surface area contributed by atoms with Crippen molar-refractivity contribution < 1.29 is 27.8 Å². The van der Waals surface area contributed by atoms with Gasteiger partial charge in [0.2, 0.25) is 5.88 Å². The normalized spacial score (nSPS) is 11.4. The number of nitrogens with zero attached hydrogens (tertiary/aromatic N) is 1. The first-order valence-electron chi connectivity index (χ1n) is 3.99. The van der Waals surface area contributed by atoms with Crippen LogP contribution in [-0.2, 0) is 5.33 Å². The number of pyridine rings is 1. The van der Waals surface area contributed by atoms with E-state index < -0.39 is 23.8 Å². The van der Waals surface area contributed by atoms with E-state index in [9.17, 15) is 18.0 Å². The summed E-state index contributed by atoms with van der Waals surface area (Å²) in [6, 6.07) is 1.09. The Morgan fingerprint density at radius 3 is 2.59 bits per heavy atom. The van der Waals surface area contributed by atoms with Gasteiger partial charge in [-0.25, -0.2) is 9.78 Å². The van der Waals surface area contributed by atoms with Gasteiger partial charge in [-0.05, 0) is 34.2 Å². The van der Waals surface area contributed by atoms with Crippen molar-refractivity contribution in [1.82, 2.24) is 4.98 Å². The molecule has 4 nitrogen and oxygen atoms in total. The Hall–Kier alpha value is -0.580. The van der Waals surface area contributed by atoms with E-state index in [0.717, 1.165) is 6.07 Å². The fourth-order valence-electron chi connectivity index (χ4n) is 0.951. The predicted molar refractivity (Wildman–Crippen MR) is 63.2 cm³/mol. The molecule has 0 amide bonds. The van der Waals surface area contributed by atoms with Crippen LogP contribution in [0, 0.1) is 3.70 Å². The van der Waals surface area contributed by atoms with Gasteiger partial charge in [-0.1, -0.05) is 15.9 Å². The Kier molecular flexibility index (Phi) is 4.58. The Morgan fingerprint density at radius 2 is 2.18 bits per heavy atom. The number of hydrogen-bond acceptors (Lipinski definition) is 3. The van der Waals surface area contributed by atoms with Crippen LogP contribution in [0.4, 0.5) is 13.2 Å². The number of carboxylic acid groups (broad SMARTS) is 1. The molecule has 94 valence electrons. The first-order chi connectivity index (χ1) is 7.74. The van der Waals surface area contributed by atoms with E-state index in [1.165, 1.54) is 0 Å². The monoisotopic (exact) mass is 425 g/mol. The number of carbonyl (C=O) groups is 1. The molecule has 0 aliphatic heterocycles. The molecule has 0 spiro atoms. The smallest absolute Gasteiger partial charge is 0.477 e. The van der Waals surface area contributed by atoms with Gasteiger partial charge < -0.3 is 9.84 Å². The third kappa shape index (κ3) is 3.98. The molecule has 0 saturated carbocycles. The molecule has 1 aromatic heterocycles. The molecule has 0 aliphatic carbocycles. The third-order valence-corrected chi connectivity index (χ3v) is 3.14. The Bertz CT molecular complexity index is 452. The second-order valence-electron chi connectivity index (χ2n) is 2.78. The van der Waals surface area contributed by atoms with E-state index in [2.05, 4.69) is 25.7 Å². The van der Waals surface area contributed by atoms with E-state index in [4.69, 9.17) is 5.11 Å². The topological polar surface area (TPSA) is 59.4 Å². The van der Waals surface area contributed by atoms with Crippen LogP contribution in [0.15, 0.2) is 6.07 Å². The van der Waals surface area contributed by atoms with E-state index >= 15 is 0 Å². The summed E-state index contributed by atoms with van der Waals surface area (Å²) in [5, 5.41) is 9.05. The molecule has 1 aromatic rings. The lowest BCUT2D eigenvalue weighted by molar-refractivity contribution is -0.276. The highest BCUT2D eigenvalue weighted by Gasteiger charge is 2.34. The number of aromatic carboxylic acids is 1. The van der Waals surface area contributed by atoms with Crippen molar-refractivity contribution in [2.45, 2.75) is 11.7 Å². The second-order valence-corrected chi connectivity index (χ2v) is 4.36. The molecular weight excluding hydrogens is 422 g/mol. The van der Waals surface area contributed by atoms with Crippen molar-refractivity contribution in [3.8, 4) is 5.88 Å². The molecule has 0 atom stereocenters. The summed E-state index contributed by atoms with van der Waals surface area (Å²) in [6.07, 6.45) is -4.98. The van der Waals surface area contributed by atoms with Crippen LogP contribution < -0.4 is 4.74 Å². The maximum atomic E-state index is 12.0. The molecule has 0 aliphatic rings. The van der Waals surface area contributed by atoms with Gasteiger partial charge in [0, 0.05) is 5.33 Å². The van der Waals surface area contributed by atoms with Crippen molar-refractivity contribution in [2.75, 3.05) is 0 Å². The number of hydrogen-bond donors (Lipinski definition) is 1. The molecule has 9 heteroatoms. The van der Waals surface area contributed by atoms with Gasteiger partial charge >= 0.3 is 12.3 Å². The Labute approximate surface area is 115 Å². The maximum Gasteiger partial charge on any atom is 0.574 e. The quantitative estimate of drug-likeness (QED) is 0.459. The average molecular weight is 426 g/mol. The Balaban J connectivity index is 3.28. The summed E-state index contributed by atoms with van der Waals surface area (Å²) in [5.74, 6) is -2.49. The lowest BCUT2D eigenvalue weighted by Gasteiger charge is -2.11. The highest BCUT2D eigenvalue weighted by atomic mass is 127. The zero-order valence-electron chi connectivity index (χ0n) is 7.89. The Morgan fingerprint density at radius 1 is 1.59 bits per heavy atom. The number of halogens is 5. The predicted octanol–water partition coefficient (Wildman–Crippen LogP) is 3.18. The van der Waals surface area contributed by atoms with Gasteiger partial charge in [0.05, 0.1) is 0 Å². The minimum Gasteiger partial charge on any atom is -0.477 e. The van der Waals surface area contributed by atoms with Crippen molar-refractivity contribution in [3.05, 3.63) is 20.9 Å². The fourth-order valence-corrected chi connectivity index (χ4v) is 2.47. The maximum absolute atomic E-state index is 12.0. The zero-order chi connectivity index (χ0) is 13.2.